The van der Waals surface area contributed by atoms with E-state index in [-0.39, 0.29) is 25.0 Å². The summed E-state index contributed by atoms with van der Waals surface area (Å²) in [5.74, 6) is -2.48. The summed E-state index contributed by atoms with van der Waals surface area (Å²) in [6.07, 6.45) is -0.649. The lowest BCUT2D eigenvalue weighted by molar-refractivity contribution is -0.153. The fraction of sp³-hybridized carbons (Fsp3) is 0.600. The number of aliphatic hydroxyl groups excluding tert-OH is 2. The summed E-state index contributed by atoms with van der Waals surface area (Å²) in [4.78, 5) is 24.6. The number of ether oxygens (including phenoxy) is 2. The van der Waals surface area contributed by atoms with Gasteiger partial charge < -0.3 is 24.8 Å². The van der Waals surface area contributed by atoms with Crippen LogP contribution >= 0.6 is 0 Å². The number of carbonyl (C=O) groups excluding carboxylic acids is 2. The van der Waals surface area contributed by atoms with Gasteiger partial charge in [-0.25, -0.2) is 9.59 Å². The van der Waals surface area contributed by atoms with Gasteiger partial charge in [0.05, 0.1) is 24.2 Å². The van der Waals surface area contributed by atoms with E-state index >= 15 is 0 Å². The summed E-state index contributed by atoms with van der Waals surface area (Å²) in [5, 5.41) is 31.2. The molecule has 0 amide bonds. The van der Waals surface area contributed by atoms with Gasteiger partial charge in [-0.05, 0) is 32.8 Å². The molecular weight excluding hydrogens is 352 g/mol. The summed E-state index contributed by atoms with van der Waals surface area (Å²) in [6.45, 7) is 8.35. The van der Waals surface area contributed by atoms with Crippen LogP contribution in [-0.2, 0) is 19.1 Å². The zero-order valence-corrected chi connectivity index (χ0v) is 15.8. The molecule has 2 aliphatic carbocycles. The van der Waals surface area contributed by atoms with Crippen LogP contribution in [0.2, 0.25) is 0 Å². The van der Waals surface area contributed by atoms with Gasteiger partial charge in [0, 0.05) is 23.5 Å². The molecule has 7 nitrogen and oxygen atoms in total. The molecule has 1 saturated carbocycles. The van der Waals surface area contributed by atoms with Crippen LogP contribution in [0, 0.1) is 11.8 Å². The molecule has 1 aliphatic heterocycles. The van der Waals surface area contributed by atoms with Crippen molar-refractivity contribution in [2.45, 2.75) is 57.5 Å². The Kier molecular flexibility index (Phi) is 5.05. The SMILES string of the molecule is C=C1C(=O)O[C@@H]2C3C(=C(CO)C[C@@H](OC(=O)/C(C)=C\C)[C@@H]12)C[C@H](O)[C@]3(C)O. The third-order valence-electron chi connectivity index (χ3n) is 6.19. The van der Waals surface area contributed by atoms with Gasteiger partial charge in [-0.3, -0.25) is 0 Å². The zero-order chi connectivity index (χ0) is 20.1. The number of aliphatic hydroxyl groups is 3. The Morgan fingerprint density at radius 2 is 2.11 bits per heavy atom. The highest BCUT2D eigenvalue weighted by Gasteiger charge is 2.60. The lowest BCUT2D eigenvalue weighted by Gasteiger charge is -2.34. The van der Waals surface area contributed by atoms with Gasteiger partial charge >= 0.3 is 11.9 Å². The fourth-order valence-corrected chi connectivity index (χ4v) is 4.45. The highest BCUT2D eigenvalue weighted by atomic mass is 16.6. The summed E-state index contributed by atoms with van der Waals surface area (Å²) in [6, 6.07) is 0. The smallest absolute Gasteiger partial charge is 0.334 e. The lowest BCUT2D eigenvalue weighted by atomic mass is 9.78. The van der Waals surface area contributed by atoms with Crippen LogP contribution in [0.5, 0.6) is 0 Å². The maximum absolute atomic E-state index is 12.3. The number of fused-ring (bicyclic) bond motifs is 3. The Labute approximate surface area is 158 Å². The average Bonchev–Trinajstić information content (AvgIpc) is 2.97. The lowest BCUT2D eigenvalue weighted by Crippen LogP contribution is -2.48. The monoisotopic (exact) mass is 378 g/mol. The standard InChI is InChI=1S/C20H26O7/c1-5-9(2)18(23)26-13-6-11(8-21)12-7-14(22)20(4,25)16(12)17-15(13)10(3)19(24)27-17/h5,13-17,21-22,25H,3,6-8H2,1-2,4H3/b9-5-/t13-,14+,15-,16?,17+,20+/m1/s1. The van der Waals surface area contributed by atoms with Crippen LogP contribution in [0.15, 0.2) is 34.9 Å². The predicted octanol–water partition coefficient (Wildman–Crippen LogP) is 0.787. The molecule has 3 aliphatic rings. The molecule has 2 fully saturated rings. The molecule has 1 heterocycles. The Bertz CT molecular complexity index is 745. The van der Waals surface area contributed by atoms with Crippen LogP contribution in [0.3, 0.4) is 0 Å². The Morgan fingerprint density at radius 3 is 2.70 bits per heavy atom. The molecule has 3 rings (SSSR count). The predicted molar refractivity (Wildman–Crippen MR) is 95.3 cm³/mol. The molecule has 148 valence electrons. The van der Waals surface area contributed by atoms with Crippen molar-refractivity contribution in [3.05, 3.63) is 34.9 Å². The molecule has 0 bridgehead atoms. The third-order valence-corrected chi connectivity index (χ3v) is 6.19. The minimum atomic E-state index is -1.54. The van der Waals surface area contributed by atoms with Gasteiger partial charge in [0.1, 0.15) is 12.2 Å². The summed E-state index contributed by atoms with van der Waals surface area (Å²) < 4.78 is 11.2. The quantitative estimate of drug-likeness (QED) is 0.378. The number of carbonyl (C=O) groups is 2. The number of hydrogen-bond donors (Lipinski definition) is 3. The number of hydrogen-bond acceptors (Lipinski definition) is 7. The molecule has 7 heteroatoms. The van der Waals surface area contributed by atoms with Gasteiger partial charge in [0.15, 0.2) is 0 Å². The van der Waals surface area contributed by atoms with E-state index < -0.39 is 47.7 Å². The normalized spacial score (nSPS) is 39.0. The molecule has 1 saturated heterocycles. The fourth-order valence-electron chi connectivity index (χ4n) is 4.45. The molecule has 3 N–H and O–H groups in total. The van der Waals surface area contributed by atoms with Crippen molar-refractivity contribution in [3.63, 3.8) is 0 Å². The van der Waals surface area contributed by atoms with Gasteiger partial charge in [-0.15, -0.1) is 0 Å². The van der Waals surface area contributed by atoms with E-state index in [4.69, 9.17) is 9.47 Å². The summed E-state index contributed by atoms with van der Waals surface area (Å²) in [7, 11) is 0. The number of rotatable bonds is 3. The summed E-state index contributed by atoms with van der Waals surface area (Å²) in [5.41, 5.74) is 0.306. The van der Waals surface area contributed by atoms with Crippen LogP contribution in [0.4, 0.5) is 0 Å². The van der Waals surface area contributed by atoms with Crippen molar-refractivity contribution in [2.24, 2.45) is 11.8 Å². The molecule has 6 atom stereocenters. The largest absolute Gasteiger partial charge is 0.458 e. The molecule has 0 aromatic heterocycles. The Morgan fingerprint density at radius 1 is 1.44 bits per heavy atom. The topological polar surface area (TPSA) is 113 Å². The van der Waals surface area contributed by atoms with Gasteiger partial charge in [0.2, 0.25) is 0 Å². The first-order chi connectivity index (χ1) is 12.6. The van der Waals surface area contributed by atoms with Crippen LogP contribution in [0.1, 0.15) is 33.6 Å². The highest BCUT2D eigenvalue weighted by molar-refractivity contribution is 5.92. The zero-order valence-electron chi connectivity index (χ0n) is 15.8. The van der Waals surface area contributed by atoms with E-state index in [1.807, 2.05) is 0 Å². The van der Waals surface area contributed by atoms with E-state index in [0.29, 0.717) is 16.7 Å². The minimum absolute atomic E-state index is 0.162. The minimum Gasteiger partial charge on any atom is -0.458 e. The first-order valence-corrected chi connectivity index (χ1v) is 9.09. The van der Waals surface area contributed by atoms with Gasteiger partial charge in [-0.1, -0.05) is 18.2 Å². The van der Waals surface area contributed by atoms with Crippen molar-refractivity contribution in [3.8, 4) is 0 Å². The number of allylic oxidation sites excluding steroid dienone is 1. The van der Waals surface area contributed by atoms with Crippen molar-refractivity contribution < 1.29 is 34.4 Å². The Hall–Kier alpha value is -1.96. The van der Waals surface area contributed by atoms with Crippen molar-refractivity contribution >= 4 is 11.9 Å². The molecule has 0 aromatic carbocycles. The van der Waals surface area contributed by atoms with Crippen molar-refractivity contribution in [2.75, 3.05) is 6.61 Å². The second-order valence-corrected chi connectivity index (χ2v) is 7.75. The molecule has 0 aromatic rings. The van der Waals surface area contributed by atoms with Crippen LogP contribution in [-0.4, -0.2) is 57.8 Å². The number of esters is 2. The summed E-state index contributed by atoms with van der Waals surface area (Å²) >= 11 is 0. The molecular formula is C20H26O7. The Balaban J connectivity index is 2.08. The molecule has 27 heavy (non-hydrogen) atoms. The van der Waals surface area contributed by atoms with Crippen molar-refractivity contribution in [1.82, 2.24) is 0 Å². The first kappa shape index (κ1) is 19.8. The second kappa shape index (κ2) is 6.89. The molecule has 0 radical (unpaired) electrons. The average molecular weight is 378 g/mol. The maximum Gasteiger partial charge on any atom is 0.334 e. The van der Waals surface area contributed by atoms with E-state index in [9.17, 15) is 24.9 Å². The van der Waals surface area contributed by atoms with Gasteiger partial charge in [0.25, 0.3) is 0 Å². The van der Waals surface area contributed by atoms with E-state index in [1.54, 1.807) is 19.9 Å². The van der Waals surface area contributed by atoms with E-state index in [2.05, 4.69) is 6.58 Å². The second-order valence-electron chi connectivity index (χ2n) is 7.75. The molecule has 1 unspecified atom stereocenters. The molecule has 0 spiro atoms. The van der Waals surface area contributed by atoms with Gasteiger partial charge in [-0.2, -0.15) is 0 Å². The maximum atomic E-state index is 12.3. The van der Waals surface area contributed by atoms with Crippen molar-refractivity contribution in [1.29, 1.82) is 0 Å². The van der Waals surface area contributed by atoms with E-state index in [0.717, 1.165) is 0 Å². The van der Waals surface area contributed by atoms with Crippen LogP contribution in [0.25, 0.3) is 0 Å². The van der Waals surface area contributed by atoms with E-state index in [1.165, 1.54) is 6.92 Å². The van der Waals surface area contributed by atoms with Crippen LogP contribution < -0.4 is 0 Å². The first-order valence-electron chi connectivity index (χ1n) is 9.09. The highest BCUT2D eigenvalue weighted by Crippen LogP contribution is 2.52. The third kappa shape index (κ3) is 3.03.